The van der Waals surface area contributed by atoms with E-state index in [0.29, 0.717) is 29.8 Å². The minimum absolute atomic E-state index is 0.139. The Labute approximate surface area is 179 Å². The van der Waals surface area contributed by atoms with Crippen molar-refractivity contribution in [1.29, 1.82) is 0 Å². The second-order valence-corrected chi connectivity index (χ2v) is 8.45. The number of fused-ring (bicyclic) bond motifs is 3. The third kappa shape index (κ3) is 3.13. The Bertz CT molecular complexity index is 1360. The third-order valence-corrected chi connectivity index (χ3v) is 7.17. The van der Waals surface area contributed by atoms with E-state index in [2.05, 4.69) is 36.8 Å². The van der Waals surface area contributed by atoms with Crippen molar-refractivity contribution >= 4 is 71.2 Å². The summed E-state index contributed by atoms with van der Waals surface area (Å²) in [5.74, 6) is 0.180. The minimum Gasteiger partial charge on any atom is -0.493 e. The number of carbonyl (C=O) groups excluding carboxylic acids is 1. The van der Waals surface area contributed by atoms with Crippen molar-refractivity contribution < 1.29 is 14.3 Å². The molecular formula is C19H12Br2N2O4S. The molecule has 0 atom stereocenters. The predicted molar refractivity (Wildman–Crippen MR) is 115 cm³/mol. The maximum atomic E-state index is 12.9. The van der Waals surface area contributed by atoms with Gasteiger partial charge in [-0.2, -0.15) is 0 Å². The number of hydrogen-bond donors (Lipinski definition) is 0. The van der Waals surface area contributed by atoms with Gasteiger partial charge in [-0.1, -0.05) is 23.5 Å². The van der Waals surface area contributed by atoms with Gasteiger partial charge in [0.05, 0.1) is 27.1 Å². The summed E-state index contributed by atoms with van der Waals surface area (Å²) in [6.45, 7) is 1.31. The number of rotatable bonds is 3. The van der Waals surface area contributed by atoms with Gasteiger partial charge in [-0.05, 0) is 61.7 Å². The van der Waals surface area contributed by atoms with Gasteiger partial charge in [-0.25, -0.2) is 9.38 Å². The average molecular weight is 524 g/mol. The van der Waals surface area contributed by atoms with Crippen LogP contribution in [0.5, 0.6) is 11.5 Å². The zero-order valence-electron chi connectivity index (χ0n) is 14.7. The fraction of sp³-hybridized carbons (Fsp3) is 0.105. The van der Waals surface area contributed by atoms with Crippen LogP contribution in [0.4, 0.5) is 0 Å². The van der Waals surface area contributed by atoms with Gasteiger partial charge in [-0.3, -0.25) is 9.59 Å². The lowest BCUT2D eigenvalue weighted by atomic mass is 10.2. The van der Waals surface area contributed by atoms with Crippen molar-refractivity contribution in [2.45, 2.75) is 6.92 Å². The monoisotopic (exact) mass is 522 g/mol. The normalized spacial score (nSPS) is 12.1. The first-order valence-electron chi connectivity index (χ1n) is 8.07. The molecule has 0 aliphatic carbocycles. The van der Waals surface area contributed by atoms with Gasteiger partial charge in [0.15, 0.2) is 16.5 Å². The highest BCUT2D eigenvalue weighted by atomic mass is 79.9. The molecule has 2 heterocycles. The number of ether oxygens (including phenoxy) is 2. The number of carbonyl (C=O) groups is 1. The molecule has 9 heteroatoms. The van der Waals surface area contributed by atoms with Crippen LogP contribution in [0.3, 0.4) is 0 Å². The number of benzene rings is 2. The summed E-state index contributed by atoms with van der Waals surface area (Å²) in [6, 6.07) is 9.22. The molecule has 0 aliphatic rings. The fourth-order valence-corrected chi connectivity index (χ4v) is 4.75. The molecule has 0 bridgehead atoms. The van der Waals surface area contributed by atoms with Gasteiger partial charge < -0.3 is 9.47 Å². The number of hydrogen-bond acceptors (Lipinski definition) is 6. The first-order valence-corrected chi connectivity index (χ1v) is 10.5. The summed E-state index contributed by atoms with van der Waals surface area (Å²) in [5, 5.41) is 0. The number of para-hydroxylation sites is 2. The van der Waals surface area contributed by atoms with Crippen LogP contribution >= 0.6 is 43.2 Å². The Morgan fingerprint density at radius 1 is 1.25 bits per heavy atom. The van der Waals surface area contributed by atoms with Crippen LogP contribution in [0.2, 0.25) is 0 Å². The van der Waals surface area contributed by atoms with Crippen LogP contribution in [-0.4, -0.2) is 22.5 Å². The average Bonchev–Trinajstić information content (AvgIpc) is 3.17. The van der Waals surface area contributed by atoms with E-state index in [1.165, 1.54) is 25.4 Å². The molecule has 28 heavy (non-hydrogen) atoms. The fourth-order valence-electron chi connectivity index (χ4n) is 2.85. The van der Waals surface area contributed by atoms with Gasteiger partial charge in [0, 0.05) is 11.4 Å². The molecule has 2 aromatic carbocycles. The number of esters is 1. The number of aromatic nitrogens is 2. The number of imidazole rings is 1. The Morgan fingerprint density at radius 2 is 2.00 bits per heavy atom. The molecule has 6 nitrogen and oxygen atoms in total. The van der Waals surface area contributed by atoms with E-state index >= 15 is 0 Å². The Hall–Kier alpha value is -2.23. The number of nitrogens with zero attached hydrogens (tertiary/aromatic N) is 2. The van der Waals surface area contributed by atoms with E-state index in [1.807, 2.05) is 24.3 Å². The van der Waals surface area contributed by atoms with Crippen LogP contribution in [0.15, 0.2) is 44.1 Å². The van der Waals surface area contributed by atoms with E-state index in [-0.39, 0.29) is 11.3 Å². The SMILES string of the molecule is COc1cc(/C=c2\sc3nc4ccccc4n3c2=O)c(Br)c(Br)c1OC(C)=O. The molecule has 0 unspecified atom stereocenters. The summed E-state index contributed by atoms with van der Waals surface area (Å²) in [6.07, 6.45) is 1.76. The van der Waals surface area contributed by atoms with Gasteiger partial charge in [-0.15, -0.1) is 0 Å². The van der Waals surface area contributed by atoms with E-state index in [1.54, 1.807) is 16.5 Å². The third-order valence-electron chi connectivity index (χ3n) is 4.05. The number of thiazole rings is 1. The van der Waals surface area contributed by atoms with E-state index in [9.17, 15) is 9.59 Å². The topological polar surface area (TPSA) is 69.9 Å². The summed E-state index contributed by atoms with van der Waals surface area (Å²) in [4.78, 5) is 29.5. The summed E-state index contributed by atoms with van der Waals surface area (Å²) in [5.41, 5.74) is 2.13. The van der Waals surface area contributed by atoms with Crippen molar-refractivity contribution in [1.82, 2.24) is 9.38 Å². The van der Waals surface area contributed by atoms with Crippen LogP contribution in [0, 0.1) is 0 Å². The van der Waals surface area contributed by atoms with E-state index < -0.39 is 5.97 Å². The van der Waals surface area contributed by atoms with Crippen LogP contribution in [0.1, 0.15) is 12.5 Å². The lowest BCUT2D eigenvalue weighted by molar-refractivity contribution is -0.132. The molecule has 0 spiro atoms. The molecule has 0 aliphatic heterocycles. The Balaban J connectivity index is 1.94. The predicted octanol–water partition coefficient (Wildman–Crippen LogP) is 3.92. The number of methoxy groups -OCH3 is 1. The molecule has 0 amide bonds. The first kappa shape index (κ1) is 19.1. The summed E-state index contributed by atoms with van der Waals surface area (Å²) < 4.78 is 13.9. The highest BCUT2D eigenvalue weighted by Crippen LogP contribution is 2.43. The standard InChI is InChI=1S/C19H12Br2N2O4S/c1-9(24)27-17-13(26-2)7-10(15(20)16(17)21)8-14-18(25)23-12-6-4-3-5-11(12)22-19(23)28-14/h3-8H,1-2H3/b14-8-. The quantitative estimate of drug-likeness (QED) is 0.301. The number of halogens is 2. The lowest BCUT2D eigenvalue weighted by Crippen LogP contribution is -2.22. The van der Waals surface area contributed by atoms with Crippen LogP contribution in [-0.2, 0) is 4.79 Å². The highest BCUT2D eigenvalue weighted by molar-refractivity contribution is 9.13. The second kappa shape index (κ2) is 7.31. The molecule has 0 radical (unpaired) electrons. The van der Waals surface area contributed by atoms with Crippen molar-refractivity contribution in [3.63, 3.8) is 0 Å². The molecule has 4 rings (SSSR count). The van der Waals surface area contributed by atoms with Crippen molar-refractivity contribution in [3.05, 3.63) is 59.7 Å². The molecule has 0 fully saturated rings. The van der Waals surface area contributed by atoms with E-state index in [4.69, 9.17) is 9.47 Å². The van der Waals surface area contributed by atoms with Crippen molar-refractivity contribution in [2.75, 3.05) is 7.11 Å². The smallest absolute Gasteiger partial charge is 0.308 e. The van der Waals surface area contributed by atoms with Gasteiger partial charge in [0.25, 0.3) is 5.56 Å². The maximum Gasteiger partial charge on any atom is 0.308 e. The van der Waals surface area contributed by atoms with Crippen molar-refractivity contribution in [3.8, 4) is 11.5 Å². The van der Waals surface area contributed by atoms with Gasteiger partial charge >= 0.3 is 5.97 Å². The minimum atomic E-state index is -0.462. The summed E-state index contributed by atoms with van der Waals surface area (Å²) in [7, 11) is 1.48. The second-order valence-electron chi connectivity index (χ2n) is 5.85. The molecule has 0 saturated heterocycles. The summed E-state index contributed by atoms with van der Waals surface area (Å²) >= 11 is 8.23. The molecule has 142 valence electrons. The maximum absolute atomic E-state index is 12.9. The molecule has 4 aromatic rings. The molecule has 0 N–H and O–H groups in total. The Morgan fingerprint density at radius 3 is 2.71 bits per heavy atom. The zero-order chi connectivity index (χ0) is 20.0. The largest absolute Gasteiger partial charge is 0.493 e. The van der Waals surface area contributed by atoms with E-state index in [0.717, 1.165) is 11.0 Å². The molecule has 0 saturated carbocycles. The highest BCUT2D eigenvalue weighted by Gasteiger charge is 2.18. The zero-order valence-corrected chi connectivity index (χ0v) is 18.6. The van der Waals surface area contributed by atoms with Gasteiger partial charge in [0.1, 0.15) is 0 Å². The lowest BCUT2D eigenvalue weighted by Gasteiger charge is -2.13. The molecule has 2 aromatic heterocycles. The molecular weight excluding hydrogens is 512 g/mol. The van der Waals surface area contributed by atoms with Crippen molar-refractivity contribution in [2.24, 2.45) is 0 Å². The Kier molecular flexibility index (Phi) is 4.98. The van der Waals surface area contributed by atoms with Crippen LogP contribution in [0.25, 0.3) is 22.1 Å². The van der Waals surface area contributed by atoms with Gasteiger partial charge in [0.2, 0.25) is 0 Å². The van der Waals surface area contributed by atoms with Crippen LogP contribution < -0.4 is 19.6 Å². The first-order chi connectivity index (χ1) is 13.4.